The van der Waals surface area contributed by atoms with Crippen molar-refractivity contribution >= 4 is 23.3 Å². The number of amides is 2. The largest absolute Gasteiger partial charge is 0.467 e. The van der Waals surface area contributed by atoms with Crippen LogP contribution in [0.4, 0.5) is 10.5 Å². The Morgan fingerprint density at radius 1 is 1.30 bits per heavy atom. The Morgan fingerprint density at radius 3 is 2.80 bits per heavy atom. The molecule has 1 aromatic carbocycles. The van der Waals surface area contributed by atoms with Gasteiger partial charge in [0, 0.05) is 6.54 Å². The van der Waals surface area contributed by atoms with Gasteiger partial charge in [0.1, 0.15) is 11.9 Å². The predicted molar refractivity (Wildman–Crippen MR) is 76.8 cm³/mol. The molecule has 1 heterocycles. The number of hydrogen-bond acceptors (Lipinski definition) is 3. The molecule has 0 aliphatic carbocycles. The van der Waals surface area contributed by atoms with Crippen molar-refractivity contribution in [1.82, 2.24) is 5.32 Å². The second kappa shape index (κ2) is 6.98. The highest BCUT2D eigenvalue weighted by Gasteiger charge is 2.11. The molecule has 0 unspecified atom stereocenters. The van der Waals surface area contributed by atoms with Crippen LogP contribution < -0.4 is 10.6 Å². The molecule has 3 N–H and O–H groups in total. The molecule has 2 amide bonds. The van der Waals surface area contributed by atoms with E-state index in [4.69, 9.17) is 16.0 Å². The fourth-order valence-electron chi connectivity index (χ4n) is 1.67. The molecule has 6 heteroatoms. The first-order valence-corrected chi connectivity index (χ1v) is 6.55. The Hall–Kier alpha value is -1.98. The van der Waals surface area contributed by atoms with Crippen LogP contribution in [-0.4, -0.2) is 17.7 Å². The van der Waals surface area contributed by atoms with E-state index in [1.807, 2.05) is 0 Å². The van der Waals surface area contributed by atoms with Gasteiger partial charge in [-0.15, -0.1) is 0 Å². The number of nitrogens with one attached hydrogen (secondary N) is 2. The summed E-state index contributed by atoms with van der Waals surface area (Å²) in [5.74, 6) is 0.485. The van der Waals surface area contributed by atoms with Gasteiger partial charge in [0.2, 0.25) is 0 Å². The molecule has 2 rings (SSSR count). The molecule has 0 spiro atoms. The van der Waals surface area contributed by atoms with Gasteiger partial charge in [0.05, 0.1) is 17.0 Å². The summed E-state index contributed by atoms with van der Waals surface area (Å²) in [6.07, 6.45) is 1.13. The fourth-order valence-corrected chi connectivity index (χ4v) is 1.86. The van der Waals surface area contributed by atoms with E-state index in [1.54, 1.807) is 36.4 Å². The maximum atomic E-state index is 11.6. The van der Waals surface area contributed by atoms with Gasteiger partial charge >= 0.3 is 6.03 Å². The second-order valence-electron chi connectivity index (χ2n) is 4.18. The van der Waals surface area contributed by atoms with E-state index in [-0.39, 0.29) is 6.03 Å². The molecule has 5 nitrogen and oxygen atoms in total. The summed E-state index contributed by atoms with van der Waals surface area (Å²) in [4.78, 5) is 11.6. The molecule has 106 valence electrons. The van der Waals surface area contributed by atoms with Gasteiger partial charge in [-0.25, -0.2) is 4.79 Å². The maximum absolute atomic E-state index is 11.6. The zero-order valence-corrected chi connectivity index (χ0v) is 11.4. The van der Waals surface area contributed by atoms with Gasteiger partial charge < -0.3 is 20.2 Å². The molecule has 0 saturated carbocycles. The van der Waals surface area contributed by atoms with Crippen molar-refractivity contribution < 1.29 is 14.3 Å². The summed E-state index contributed by atoms with van der Waals surface area (Å²) in [7, 11) is 0. The molecule has 20 heavy (non-hydrogen) atoms. The Bertz CT molecular complexity index is 557. The van der Waals surface area contributed by atoms with Crippen LogP contribution in [0.2, 0.25) is 5.02 Å². The smallest absolute Gasteiger partial charge is 0.319 e. The summed E-state index contributed by atoms with van der Waals surface area (Å²) in [5, 5.41) is 15.5. The third kappa shape index (κ3) is 4.01. The van der Waals surface area contributed by atoms with E-state index in [0.717, 1.165) is 0 Å². The number of halogens is 1. The van der Waals surface area contributed by atoms with E-state index in [0.29, 0.717) is 29.4 Å². The highest BCUT2D eigenvalue weighted by atomic mass is 35.5. The normalized spacial score (nSPS) is 11.9. The topological polar surface area (TPSA) is 74.5 Å². The summed E-state index contributed by atoms with van der Waals surface area (Å²) in [6.45, 7) is 0.318. The number of carbonyl (C=O) groups excluding carboxylic acids is 1. The standard InChI is InChI=1S/C14H15ClN2O3/c15-10-4-1-2-5-11(10)17-14(19)16-8-7-12(18)13-6-3-9-20-13/h1-6,9,12,18H,7-8H2,(H2,16,17,19)/t12-/m1/s1. The molecule has 0 saturated heterocycles. The molecule has 1 atom stereocenters. The maximum Gasteiger partial charge on any atom is 0.319 e. The zero-order valence-electron chi connectivity index (χ0n) is 10.7. The summed E-state index contributed by atoms with van der Waals surface area (Å²) in [6, 6.07) is 9.99. The van der Waals surface area contributed by atoms with Crippen molar-refractivity contribution in [3.8, 4) is 0 Å². The number of carbonyl (C=O) groups is 1. The number of para-hydroxylation sites is 1. The van der Waals surface area contributed by atoms with E-state index in [9.17, 15) is 9.90 Å². The van der Waals surface area contributed by atoms with Crippen LogP contribution in [0.1, 0.15) is 18.3 Å². The van der Waals surface area contributed by atoms with Crippen LogP contribution in [0.5, 0.6) is 0 Å². The van der Waals surface area contributed by atoms with Gasteiger partial charge in [-0.3, -0.25) is 0 Å². The van der Waals surface area contributed by atoms with Gasteiger partial charge in [0.15, 0.2) is 0 Å². The zero-order chi connectivity index (χ0) is 14.4. The SMILES string of the molecule is O=C(NCC[C@@H](O)c1ccco1)Nc1ccccc1Cl. The van der Waals surface area contributed by atoms with Crippen LogP contribution in [0.25, 0.3) is 0 Å². The van der Waals surface area contributed by atoms with Crippen LogP contribution >= 0.6 is 11.6 Å². The Labute approximate surface area is 121 Å². The van der Waals surface area contributed by atoms with E-state index in [2.05, 4.69) is 10.6 Å². The summed E-state index contributed by atoms with van der Waals surface area (Å²) in [5.41, 5.74) is 0.540. The minimum Gasteiger partial charge on any atom is -0.467 e. The van der Waals surface area contributed by atoms with Crippen molar-refractivity contribution in [2.24, 2.45) is 0 Å². The number of aliphatic hydroxyl groups excluding tert-OH is 1. The molecule has 0 bridgehead atoms. The first-order chi connectivity index (χ1) is 9.66. The first-order valence-electron chi connectivity index (χ1n) is 6.17. The number of furan rings is 1. The van der Waals surface area contributed by atoms with Crippen molar-refractivity contribution in [3.05, 3.63) is 53.4 Å². The van der Waals surface area contributed by atoms with E-state index >= 15 is 0 Å². The number of rotatable bonds is 5. The Kier molecular flexibility index (Phi) is 5.03. The minimum atomic E-state index is -0.731. The lowest BCUT2D eigenvalue weighted by molar-refractivity contribution is 0.140. The van der Waals surface area contributed by atoms with Gasteiger partial charge in [0.25, 0.3) is 0 Å². The average Bonchev–Trinajstić information content (AvgIpc) is 2.95. The third-order valence-electron chi connectivity index (χ3n) is 2.70. The lowest BCUT2D eigenvalue weighted by Gasteiger charge is -2.10. The monoisotopic (exact) mass is 294 g/mol. The molecular weight excluding hydrogens is 280 g/mol. The highest BCUT2D eigenvalue weighted by molar-refractivity contribution is 6.33. The molecule has 1 aromatic heterocycles. The van der Waals surface area contributed by atoms with E-state index < -0.39 is 6.10 Å². The van der Waals surface area contributed by atoms with Crippen molar-refractivity contribution in [1.29, 1.82) is 0 Å². The van der Waals surface area contributed by atoms with Crippen LogP contribution in [0.15, 0.2) is 47.1 Å². The molecule has 2 aromatic rings. The van der Waals surface area contributed by atoms with Gasteiger partial charge in [-0.05, 0) is 30.7 Å². The summed E-state index contributed by atoms with van der Waals surface area (Å²) < 4.78 is 5.07. The average molecular weight is 295 g/mol. The number of benzene rings is 1. The predicted octanol–water partition coefficient (Wildman–Crippen LogP) is 3.18. The molecule has 0 aliphatic rings. The number of hydrogen-bond donors (Lipinski definition) is 3. The lowest BCUT2D eigenvalue weighted by Crippen LogP contribution is -2.30. The minimum absolute atomic E-state index is 0.318. The fraction of sp³-hybridized carbons (Fsp3) is 0.214. The lowest BCUT2D eigenvalue weighted by atomic mass is 10.2. The van der Waals surface area contributed by atoms with E-state index in [1.165, 1.54) is 6.26 Å². The van der Waals surface area contributed by atoms with Crippen molar-refractivity contribution in [3.63, 3.8) is 0 Å². The third-order valence-corrected chi connectivity index (χ3v) is 3.03. The van der Waals surface area contributed by atoms with Gasteiger partial charge in [-0.1, -0.05) is 23.7 Å². The Morgan fingerprint density at radius 2 is 2.10 bits per heavy atom. The molecular formula is C14H15ClN2O3. The second-order valence-corrected chi connectivity index (χ2v) is 4.59. The number of aliphatic hydroxyl groups is 1. The first kappa shape index (κ1) is 14.4. The van der Waals surface area contributed by atoms with Crippen molar-refractivity contribution in [2.75, 3.05) is 11.9 Å². The Balaban J connectivity index is 1.74. The molecule has 0 radical (unpaired) electrons. The van der Waals surface area contributed by atoms with Crippen LogP contribution in [0, 0.1) is 0 Å². The van der Waals surface area contributed by atoms with Crippen LogP contribution in [-0.2, 0) is 0 Å². The quantitative estimate of drug-likeness (QED) is 0.793. The summed E-state index contributed by atoms with van der Waals surface area (Å²) >= 11 is 5.93. The van der Waals surface area contributed by atoms with Gasteiger partial charge in [-0.2, -0.15) is 0 Å². The molecule has 0 fully saturated rings. The number of anilines is 1. The number of urea groups is 1. The van der Waals surface area contributed by atoms with Crippen molar-refractivity contribution in [2.45, 2.75) is 12.5 Å². The highest BCUT2D eigenvalue weighted by Crippen LogP contribution is 2.20. The van der Waals surface area contributed by atoms with Crippen LogP contribution in [0.3, 0.4) is 0 Å². The molecule has 0 aliphatic heterocycles.